The quantitative estimate of drug-likeness (QED) is 0.116. The van der Waals surface area contributed by atoms with Gasteiger partial charge in [0.25, 0.3) is 0 Å². The third-order valence-electron chi connectivity index (χ3n) is 11.8. The summed E-state index contributed by atoms with van der Waals surface area (Å²) >= 11 is -5.61. The Morgan fingerprint density at radius 2 is 0.923 bits per heavy atom. The Balaban J connectivity index is 1.66. The van der Waals surface area contributed by atoms with E-state index in [1.165, 1.54) is 24.3 Å². The molecule has 0 spiro atoms. The van der Waals surface area contributed by atoms with E-state index < -0.39 is 44.8 Å². The fraction of sp³-hybridized carbons (Fsp3) is 0.333. The molecular weight excluding hydrogens is 896 g/mol. The molecule has 0 saturated carbocycles. The monoisotopic (exact) mass is 939 g/mol. The van der Waals surface area contributed by atoms with Crippen molar-refractivity contribution in [3.05, 3.63) is 129 Å². The van der Waals surface area contributed by atoms with Gasteiger partial charge in [0.1, 0.15) is 0 Å². The molecule has 0 saturated heterocycles. The fourth-order valence-electron chi connectivity index (χ4n) is 8.64. The van der Waals surface area contributed by atoms with Crippen LogP contribution in [0.15, 0.2) is 96.1 Å². The molecule has 2 aliphatic rings. The molecule has 4 unspecified atom stereocenters. The number of hydrogen-bond acceptors (Lipinski definition) is 0. The van der Waals surface area contributed by atoms with E-state index in [9.17, 15) is 26.3 Å². The first-order chi connectivity index (χ1) is 24.4. The number of benzene rings is 4. The van der Waals surface area contributed by atoms with Crippen molar-refractivity contribution in [3.63, 3.8) is 0 Å². The molecule has 0 radical (unpaired) electrons. The zero-order valence-electron chi connectivity index (χ0n) is 30.1. The molecule has 275 valence electrons. The van der Waals surface area contributed by atoms with Gasteiger partial charge in [0.05, 0.1) is 0 Å². The molecule has 0 nitrogen and oxygen atoms in total. The van der Waals surface area contributed by atoms with Gasteiger partial charge >= 0.3 is 314 Å². The second kappa shape index (κ2) is 14.0. The van der Waals surface area contributed by atoms with E-state index in [0.717, 1.165) is 58.4 Å². The Morgan fingerprint density at radius 3 is 1.25 bits per heavy atom. The Hall–Kier alpha value is -2.39. The third-order valence-corrected chi connectivity index (χ3v) is 84.4. The van der Waals surface area contributed by atoms with Gasteiger partial charge in [-0.3, -0.25) is 0 Å². The number of hydrogen-bond donors (Lipinski definition) is 0. The first-order valence-corrected chi connectivity index (χ1v) is 40.1. The van der Waals surface area contributed by atoms with Gasteiger partial charge in [-0.05, 0) is 0 Å². The van der Waals surface area contributed by atoms with Crippen molar-refractivity contribution >= 4 is 35.3 Å². The third kappa shape index (κ3) is 6.35. The molecule has 0 aromatic heterocycles. The van der Waals surface area contributed by atoms with E-state index in [1.54, 1.807) is 24.3 Å². The maximum absolute atomic E-state index is 14.4. The van der Waals surface area contributed by atoms with Crippen LogP contribution in [0, 0.1) is 11.8 Å². The number of rotatable bonds is 9. The van der Waals surface area contributed by atoms with Crippen LogP contribution < -0.4 is 0 Å². The van der Waals surface area contributed by atoms with E-state index in [4.69, 9.17) is 17.2 Å². The first-order valence-electron chi connectivity index (χ1n) is 17.9. The van der Waals surface area contributed by atoms with Gasteiger partial charge in [0.2, 0.25) is 0 Å². The van der Waals surface area contributed by atoms with Crippen LogP contribution >= 0.6 is 17.2 Å². The van der Waals surface area contributed by atoms with Gasteiger partial charge in [0, 0.05) is 0 Å². The summed E-state index contributed by atoms with van der Waals surface area (Å²) in [4.78, 5) is 0. The van der Waals surface area contributed by atoms with Crippen molar-refractivity contribution in [2.24, 2.45) is 11.8 Å². The second-order valence-electron chi connectivity index (χ2n) is 14.9. The summed E-state index contributed by atoms with van der Waals surface area (Å²) in [6.45, 7) is 12.8. The summed E-state index contributed by atoms with van der Waals surface area (Å²) in [6, 6.07) is 22.4. The summed E-state index contributed by atoms with van der Waals surface area (Å²) in [7, 11) is 17.2. The van der Waals surface area contributed by atoms with Crippen LogP contribution in [0.1, 0.15) is 81.3 Å². The molecule has 10 heteroatoms. The number of alkyl halides is 6. The molecule has 2 aliphatic carbocycles. The van der Waals surface area contributed by atoms with Crippen molar-refractivity contribution < 1.29 is 41.6 Å². The molecule has 0 fully saturated rings. The van der Waals surface area contributed by atoms with Gasteiger partial charge in [-0.1, -0.05) is 0 Å². The van der Waals surface area contributed by atoms with E-state index in [-0.39, 0.29) is 30.3 Å². The first kappa shape index (κ1) is 39.3. The van der Waals surface area contributed by atoms with Crippen LogP contribution in [0.4, 0.5) is 26.3 Å². The minimum atomic E-state index is -5.61. The summed E-state index contributed by atoms with van der Waals surface area (Å²) in [5, 5.41) is 0. The molecule has 4 aromatic carbocycles. The topological polar surface area (TPSA) is 0 Å². The molecule has 0 amide bonds. The zero-order valence-corrected chi connectivity index (χ0v) is 36.3. The maximum atomic E-state index is 14.4. The Kier molecular flexibility index (Phi) is 10.6. The molecule has 4 aromatic rings. The van der Waals surface area contributed by atoms with Gasteiger partial charge < -0.3 is 0 Å². The van der Waals surface area contributed by atoms with Crippen molar-refractivity contribution in [2.75, 3.05) is 0 Å². The fourth-order valence-corrected chi connectivity index (χ4v) is 52.9. The normalized spacial score (nSPS) is 19.4. The molecule has 0 aliphatic heterocycles. The van der Waals surface area contributed by atoms with Crippen molar-refractivity contribution in [1.29, 1.82) is 0 Å². The summed E-state index contributed by atoms with van der Waals surface area (Å²) in [6.07, 6.45) is -3.43. The van der Waals surface area contributed by atoms with Gasteiger partial charge in [-0.25, -0.2) is 0 Å². The van der Waals surface area contributed by atoms with Gasteiger partial charge in [0.15, 0.2) is 0 Å². The Morgan fingerprint density at radius 1 is 0.577 bits per heavy atom. The number of fused-ring (bicyclic) bond motifs is 2. The standard InChI is InChI=1S/2C20H18F3.C2H7Si.2ClH.Hf/c2*1-3-13(2)15-11-14-7-6-9-16(18(14)12-15)17-8-4-5-10-19(17)20(21,22)23;1-3-2;;;/h2*4-13H,3H2,1-2H3;3H,1-2H3;2*1H;/q;;;;;+2/p-2. The predicted octanol–water partition coefficient (Wildman–Crippen LogP) is 14.7. The van der Waals surface area contributed by atoms with Crippen molar-refractivity contribution in [2.45, 2.75) is 73.3 Å². The molecular formula is C42H43Cl2F6HfSi. The molecule has 4 atom stereocenters. The molecule has 6 rings (SSSR count). The molecule has 52 heavy (non-hydrogen) atoms. The summed E-state index contributed by atoms with van der Waals surface area (Å²) in [5.41, 5.74) is 5.04. The SMILES string of the molecule is CCC(C)C1=Cc2c(-c3ccccc3C(F)(F)F)cccc2[CH]1[Hf]([Cl])([Cl])([CH]1C(C(C)CC)=Cc2c(-c3ccccc3C(F)(F)F)cccc21)[SiH](C)C. The zero-order chi connectivity index (χ0) is 38.0. The van der Waals surface area contributed by atoms with E-state index >= 15 is 0 Å². The number of allylic oxidation sites excluding steroid dienone is 2. The van der Waals surface area contributed by atoms with E-state index in [2.05, 4.69) is 52.9 Å². The second-order valence-corrected chi connectivity index (χ2v) is 74.1. The Bertz CT molecular complexity index is 1940. The summed E-state index contributed by atoms with van der Waals surface area (Å²) in [5.74, 6) is -2.00. The van der Waals surface area contributed by atoms with Crippen LogP contribution in [-0.4, -0.2) is 5.98 Å². The summed E-state index contributed by atoms with van der Waals surface area (Å²) < 4.78 is 85.7. The van der Waals surface area contributed by atoms with Crippen LogP contribution in [0.5, 0.6) is 0 Å². The van der Waals surface area contributed by atoms with Crippen LogP contribution in [0.2, 0.25) is 13.1 Å². The predicted molar refractivity (Wildman–Crippen MR) is 205 cm³/mol. The van der Waals surface area contributed by atoms with E-state index in [1.807, 2.05) is 24.3 Å². The van der Waals surface area contributed by atoms with Crippen molar-refractivity contribution in [1.82, 2.24) is 0 Å². The average molecular weight is 939 g/mol. The van der Waals surface area contributed by atoms with E-state index in [0.29, 0.717) is 11.1 Å². The van der Waals surface area contributed by atoms with Crippen molar-refractivity contribution in [3.8, 4) is 22.3 Å². The van der Waals surface area contributed by atoms with Crippen LogP contribution in [0.25, 0.3) is 34.4 Å². The molecule has 0 heterocycles. The number of halogens is 8. The molecule has 0 bridgehead atoms. The van der Waals surface area contributed by atoms with Gasteiger partial charge in [-0.15, -0.1) is 0 Å². The molecule has 0 N–H and O–H groups in total. The van der Waals surface area contributed by atoms with Crippen LogP contribution in [-0.2, 0) is 27.7 Å². The van der Waals surface area contributed by atoms with Crippen LogP contribution in [0.3, 0.4) is 0 Å². The Labute approximate surface area is 311 Å². The van der Waals surface area contributed by atoms with Gasteiger partial charge in [-0.2, -0.15) is 0 Å². The average Bonchev–Trinajstić information content (AvgIpc) is 3.71. The minimum absolute atomic E-state index is 0.0331.